The molecule has 0 unspecified atom stereocenters. The Hall–Kier alpha value is -0.940. The summed E-state index contributed by atoms with van der Waals surface area (Å²) >= 11 is 0. The van der Waals surface area contributed by atoms with Gasteiger partial charge >= 0.3 is 0 Å². The van der Waals surface area contributed by atoms with Gasteiger partial charge in [0.2, 0.25) is 0 Å². The van der Waals surface area contributed by atoms with E-state index < -0.39 is 116 Å². The second kappa shape index (κ2) is 18.8. The minimum Gasteiger partial charge on any atom is -0.394 e. The fourth-order valence-corrected chi connectivity index (χ4v) is 14.5. The van der Waals surface area contributed by atoms with E-state index in [2.05, 4.69) is 40.7 Å². The minimum absolute atomic E-state index is 0.149. The number of ether oxygens (including phenoxy) is 6. The van der Waals surface area contributed by atoms with Gasteiger partial charge in [0.25, 0.3) is 0 Å². The summed E-state index contributed by atoms with van der Waals surface area (Å²) in [5.41, 5.74) is -0.948. The zero-order valence-corrected chi connectivity index (χ0v) is 39.0. The summed E-state index contributed by atoms with van der Waals surface area (Å²) in [6, 6.07) is 0. The molecule has 0 bridgehead atoms. The lowest BCUT2D eigenvalue weighted by Gasteiger charge is -2.71. The predicted octanol–water partition coefficient (Wildman–Crippen LogP) is 0.612. The van der Waals surface area contributed by atoms with Gasteiger partial charge in [-0.2, -0.15) is 0 Å². The zero-order chi connectivity index (χ0) is 47.1. The Kier molecular flexibility index (Phi) is 14.9. The van der Waals surface area contributed by atoms with Crippen molar-refractivity contribution < 1.29 is 84.6 Å². The Morgan fingerprint density at radius 3 is 1.94 bits per heavy atom. The van der Waals surface area contributed by atoms with Gasteiger partial charge in [0.15, 0.2) is 18.9 Å². The van der Waals surface area contributed by atoms with E-state index in [0.29, 0.717) is 25.7 Å². The maximum absolute atomic E-state index is 12.7. The first-order valence-electron chi connectivity index (χ1n) is 23.8. The van der Waals surface area contributed by atoms with Crippen molar-refractivity contribution in [1.29, 1.82) is 0 Å². The molecular formula is C47H80O17. The van der Waals surface area contributed by atoms with E-state index in [1.807, 2.05) is 20.8 Å². The van der Waals surface area contributed by atoms with Crippen LogP contribution in [0.3, 0.4) is 0 Å². The topological polar surface area (TPSA) is 278 Å². The molecule has 11 N–H and O–H groups in total. The molecule has 7 fully saturated rings. The molecule has 0 spiro atoms. The third kappa shape index (κ3) is 8.60. The van der Waals surface area contributed by atoms with Crippen molar-refractivity contribution in [2.24, 2.45) is 45.3 Å². The molecule has 3 heterocycles. The molecule has 7 aliphatic rings. The van der Waals surface area contributed by atoms with Crippen LogP contribution in [0.4, 0.5) is 0 Å². The van der Waals surface area contributed by atoms with Crippen LogP contribution < -0.4 is 0 Å². The maximum Gasteiger partial charge on any atom is 0.187 e. The highest BCUT2D eigenvalue weighted by Gasteiger charge is 2.72. The highest BCUT2D eigenvalue weighted by molar-refractivity contribution is 5.20. The largest absolute Gasteiger partial charge is 0.394 e. The summed E-state index contributed by atoms with van der Waals surface area (Å²) in [7, 11) is 0. The average molecular weight is 917 g/mol. The molecule has 17 nitrogen and oxygen atoms in total. The van der Waals surface area contributed by atoms with Crippen LogP contribution in [0.1, 0.15) is 113 Å². The van der Waals surface area contributed by atoms with Crippen molar-refractivity contribution in [3.05, 3.63) is 11.6 Å². The summed E-state index contributed by atoms with van der Waals surface area (Å²) in [6.45, 7) is 16.3. The van der Waals surface area contributed by atoms with Crippen molar-refractivity contribution in [3.8, 4) is 0 Å². The molecule has 4 saturated carbocycles. The normalized spacial score (nSPS) is 52.5. The van der Waals surface area contributed by atoms with E-state index in [9.17, 15) is 56.2 Å². The minimum atomic E-state index is -1.68. The van der Waals surface area contributed by atoms with Crippen LogP contribution in [0.5, 0.6) is 0 Å². The highest BCUT2D eigenvalue weighted by Crippen LogP contribution is 2.76. The van der Waals surface area contributed by atoms with E-state index in [-0.39, 0.29) is 52.6 Å². The Bertz CT molecular complexity index is 1630. The molecule has 64 heavy (non-hydrogen) atoms. The Balaban J connectivity index is 1.11. The van der Waals surface area contributed by atoms with E-state index in [1.165, 1.54) is 0 Å². The van der Waals surface area contributed by atoms with Gasteiger partial charge in [-0.3, -0.25) is 0 Å². The number of hydrogen-bond donors (Lipinski definition) is 11. The lowest BCUT2D eigenvalue weighted by molar-refractivity contribution is -0.346. The molecule has 24 atom stereocenters. The summed E-state index contributed by atoms with van der Waals surface area (Å²) in [5, 5.41) is 118. The van der Waals surface area contributed by atoms with Crippen molar-refractivity contribution in [3.63, 3.8) is 0 Å². The van der Waals surface area contributed by atoms with E-state index in [4.69, 9.17) is 28.4 Å². The van der Waals surface area contributed by atoms with Crippen molar-refractivity contribution in [2.45, 2.75) is 217 Å². The van der Waals surface area contributed by atoms with Crippen LogP contribution in [-0.4, -0.2) is 180 Å². The molecule has 3 aliphatic heterocycles. The molecular weight excluding hydrogens is 836 g/mol. The first-order valence-corrected chi connectivity index (χ1v) is 23.8. The number of fused-ring (bicyclic) bond motifs is 5. The van der Waals surface area contributed by atoms with Crippen molar-refractivity contribution in [1.82, 2.24) is 0 Å². The molecule has 0 aromatic rings. The van der Waals surface area contributed by atoms with Crippen LogP contribution in [0.25, 0.3) is 0 Å². The van der Waals surface area contributed by atoms with Gasteiger partial charge in [-0.15, -0.1) is 0 Å². The van der Waals surface area contributed by atoms with Gasteiger partial charge in [0.1, 0.15) is 67.1 Å². The number of aliphatic hydroxyl groups is 11. The Morgan fingerprint density at radius 2 is 1.28 bits per heavy atom. The van der Waals surface area contributed by atoms with Gasteiger partial charge in [0.05, 0.1) is 37.6 Å². The molecule has 7 rings (SSSR count). The second-order valence-electron chi connectivity index (χ2n) is 22.5. The molecule has 0 radical (unpaired) electrons. The van der Waals surface area contributed by atoms with Gasteiger partial charge in [0, 0.05) is 0 Å². The average Bonchev–Trinajstić information content (AvgIpc) is 3.62. The Labute approximate surface area is 377 Å². The van der Waals surface area contributed by atoms with Gasteiger partial charge < -0.3 is 84.6 Å². The molecule has 0 aromatic heterocycles. The van der Waals surface area contributed by atoms with Crippen molar-refractivity contribution in [2.75, 3.05) is 19.8 Å². The van der Waals surface area contributed by atoms with Crippen LogP contribution in [-0.2, 0) is 28.4 Å². The third-order valence-electron chi connectivity index (χ3n) is 18.4. The summed E-state index contributed by atoms with van der Waals surface area (Å²) in [6.07, 6.45) is -12.4. The van der Waals surface area contributed by atoms with Crippen molar-refractivity contribution >= 4 is 0 Å². The van der Waals surface area contributed by atoms with Crippen LogP contribution >= 0.6 is 0 Å². The van der Waals surface area contributed by atoms with E-state index in [0.717, 1.165) is 37.7 Å². The summed E-state index contributed by atoms with van der Waals surface area (Å²) < 4.78 is 36.5. The molecule has 17 heteroatoms. The van der Waals surface area contributed by atoms with E-state index >= 15 is 0 Å². The molecule has 3 saturated heterocycles. The quantitative estimate of drug-likeness (QED) is 0.0946. The third-order valence-corrected chi connectivity index (χ3v) is 18.4. The Morgan fingerprint density at radius 1 is 0.672 bits per heavy atom. The van der Waals surface area contributed by atoms with Gasteiger partial charge in [-0.05, 0) is 124 Å². The van der Waals surface area contributed by atoms with Crippen LogP contribution in [0, 0.1) is 45.3 Å². The monoisotopic (exact) mass is 917 g/mol. The SMILES string of the molecule is CC(C)=CCC[C@](C)(O[C@@H]1O[C@H](CO[C@@H]2OC[C@@H](O)[C@H](O)[C@H]2O)[C@@H](O)[C@H](O)[C@H]1O)[C@H]1CC[C@]2(C)[C@@H]1[C@H](O)C[C@@H]1[C@]3(C)CC[C@@H](O[C@@H]4O[C@H](CO)[C@@H](O)[C@H](O)[C@H]4O)C(C)(C)[C@H]3CC[C@]12C. The molecule has 4 aliphatic carbocycles. The zero-order valence-electron chi connectivity index (χ0n) is 39.0. The fraction of sp³-hybridized carbons (Fsp3) is 0.957. The number of rotatable bonds is 12. The number of hydrogen-bond acceptors (Lipinski definition) is 17. The van der Waals surface area contributed by atoms with Crippen LogP contribution in [0.15, 0.2) is 11.6 Å². The second-order valence-corrected chi connectivity index (χ2v) is 22.5. The van der Waals surface area contributed by atoms with Gasteiger partial charge in [-0.25, -0.2) is 0 Å². The molecule has 0 amide bonds. The molecule has 370 valence electrons. The first kappa shape index (κ1) is 50.9. The highest BCUT2D eigenvalue weighted by atomic mass is 16.7. The maximum atomic E-state index is 12.7. The summed E-state index contributed by atoms with van der Waals surface area (Å²) in [5.74, 6) is -0.0478. The van der Waals surface area contributed by atoms with Crippen LogP contribution in [0.2, 0.25) is 0 Å². The predicted molar refractivity (Wildman–Crippen MR) is 228 cm³/mol. The standard InChI is InChI=1S/C47H80O17/c1-22(2)10-9-14-47(8,64-42-39(58)36(55)34(53)27(62-42)21-60-40-37(56)32(51)25(50)20-59-40)23-11-16-46(7)31(23)24(49)18-29-44(5)15-13-30(43(3,4)28(44)12-17-45(29,46)6)63-41-38(57)35(54)33(52)26(19-48)61-41/h10,23-42,48-58H,9,11-21H2,1-8H3/t23-,24+,25+,26+,27+,28+,29+,30+,31-,32-,33+,34+,35-,36-,37+,38+,39+,40-,41-,42-,44+,45+,46+,47-/m0/s1. The number of allylic oxidation sites excluding steroid dienone is 2. The summed E-state index contributed by atoms with van der Waals surface area (Å²) in [4.78, 5) is 0. The van der Waals surface area contributed by atoms with Gasteiger partial charge in [-0.1, -0.05) is 46.3 Å². The molecule has 0 aromatic carbocycles. The van der Waals surface area contributed by atoms with E-state index in [1.54, 1.807) is 0 Å². The first-order chi connectivity index (χ1) is 29.9. The smallest absolute Gasteiger partial charge is 0.187 e. The fourth-order valence-electron chi connectivity index (χ4n) is 14.5. The lowest BCUT2D eigenvalue weighted by Crippen LogP contribution is -2.67. The number of aliphatic hydroxyl groups excluding tert-OH is 11. The lowest BCUT2D eigenvalue weighted by atomic mass is 9.35.